The van der Waals surface area contributed by atoms with Crippen molar-refractivity contribution >= 4 is 80.9 Å². The summed E-state index contributed by atoms with van der Waals surface area (Å²) >= 11 is 3.02. The Morgan fingerprint density at radius 3 is 1.82 bits per heavy atom. The summed E-state index contributed by atoms with van der Waals surface area (Å²) in [5.74, 6) is -2.74. The van der Waals surface area contributed by atoms with Crippen molar-refractivity contribution in [2.75, 3.05) is 30.8 Å². The largest absolute Gasteiger partial charge is 0.370 e. The lowest BCUT2D eigenvalue weighted by atomic mass is 10.2. The molecule has 0 fully saturated rings. The number of aryl methyl sites for hydroxylation is 3. The molecule has 0 aromatic carbocycles. The third-order valence-electron chi connectivity index (χ3n) is 7.42. The van der Waals surface area contributed by atoms with Gasteiger partial charge in [0.1, 0.15) is 29.0 Å². The number of carbonyl (C=O) groups excluding carboxylic acids is 5. The number of rotatable bonds is 12. The van der Waals surface area contributed by atoms with Gasteiger partial charge in [-0.25, -0.2) is 4.48 Å². The highest BCUT2D eigenvalue weighted by atomic mass is 79.9. The number of halogens is 2. The average Bonchev–Trinajstić information content (AvgIpc) is 3.75. The summed E-state index contributed by atoms with van der Waals surface area (Å²) in [7, 11) is 6.66. The molecule has 0 spiro atoms. The van der Waals surface area contributed by atoms with Crippen LogP contribution in [0.25, 0.3) is 0 Å². The van der Waals surface area contributed by atoms with Crippen LogP contribution in [-0.4, -0.2) is 69.3 Å². The topological polar surface area (TPSA) is 236 Å². The summed E-state index contributed by atoms with van der Waals surface area (Å²) in [6.07, 6.45) is 7.90. The molecule has 4 rings (SSSR count). The number of nitrogens with zero attached hydrogens (tertiary/aromatic N) is 4. The Morgan fingerprint density at radius 1 is 0.816 bits per heavy atom. The number of primary amides is 1. The van der Waals surface area contributed by atoms with Crippen molar-refractivity contribution in [2.45, 2.75) is 0 Å². The Labute approximate surface area is 295 Å². The van der Waals surface area contributed by atoms with Crippen molar-refractivity contribution in [3.05, 3.63) is 88.6 Å². The normalized spacial score (nSPS) is 14.9. The van der Waals surface area contributed by atoms with Crippen LogP contribution in [0.3, 0.4) is 0 Å². The summed E-state index contributed by atoms with van der Waals surface area (Å²) < 4.78 is 4.58. The Kier molecular flexibility index (Phi) is 11.7. The summed E-state index contributed by atoms with van der Waals surface area (Å²) in [6.45, 7) is 4.06. The quantitative estimate of drug-likeness (QED) is 0.0439. The zero-order valence-corrected chi connectivity index (χ0v) is 29.4. The second kappa shape index (κ2) is 15.1. The van der Waals surface area contributed by atoms with Gasteiger partial charge in [0, 0.05) is 58.8 Å². The third-order valence-corrected chi connectivity index (χ3v) is 7.78. The van der Waals surface area contributed by atoms with Crippen molar-refractivity contribution in [3.63, 3.8) is 0 Å². The second-order valence-corrected chi connectivity index (χ2v) is 12.0. The lowest BCUT2D eigenvalue weighted by Crippen LogP contribution is -2.41. The van der Waals surface area contributed by atoms with Crippen LogP contribution in [0.1, 0.15) is 31.5 Å². The van der Waals surface area contributed by atoms with Crippen molar-refractivity contribution in [1.82, 2.24) is 34.1 Å². The monoisotopic (exact) mass is 759 g/mol. The van der Waals surface area contributed by atoms with Crippen LogP contribution >= 0.6 is 28.3 Å². The van der Waals surface area contributed by atoms with Gasteiger partial charge in [-0.15, -0.1) is 12.4 Å². The second-order valence-electron chi connectivity index (χ2n) is 11.1. The molecule has 17 nitrogen and oxygen atoms in total. The fourth-order valence-corrected chi connectivity index (χ4v) is 5.14. The van der Waals surface area contributed by atoms with Gasteiger partial charge in [0.15, 0.2) is 11.6 Å². The van der Waals surface area contributed by atoms with Crippen LogP contribution in [0, 0.1) is 5.41 Å². The Hall–Kier alpha value is -5.59. The first kappa shape index (κ1) is 37.9. The van der Waals surface area contributed by atoms with E-state index in [4.69, 9.17) is 16.9 Å². The maximum Gasteiger partial charge on any atom is 0.303 e. The summed E-state index contributed by atoms with van der Waals surface area (Å²) in [6, 6.07) is 4.63. The third kappa shape index (κ3) is 8.47. The first-order valence-corrected chi connectivity index (χ1v) is 15.0. The molecule has 1 aliphatic heterocycles. The van der Waals surface area contributed by atoms with Gasteiger partial charge in [-0.2, -0.15) is 0 Å². The molecule has 0 radical (unpaired) electrons. The molecule has 1 atom stereocenters. The zero-order chi connectivity index (χ0) is 35.5. The molecule has 0 bridgehead atoms. The summed E-state index contributed by atoms with van der Waals surface area (Å²) in [5.41, 5.74) is 13.4. The van der Waals surface area contributed by atoms with Crippen LogP contribution in [0.4, 0.5) is 17.1 Å². The number of nitrogens with two attached hydrogens (primary N) is 2. The number of likely N-dealkylation sites (N-methyl/N-ethyl adjacent to an activating group) is 1. The van der Waals surface area contributed by atoms with Crippen molar-refractivity contribution in [2.24, 2.45) is 32.6 Å². The minimum Gasteiger partial charge on any atom is -0.370 e. The van der Waals surface area contributed by atoms with E-state index in [2.05, 4.69) is 49.1 Å². The standard InChI is InChI=1S/C30H35BrN12O5.ClH/c1-16(31)26(45)39-19-10-24(25(32)44)43(5,15-19)20-11-23(42(4)14-20)29(48)38-18-9-22(41(3)13-18)28(47)37-17-8-21(40(2)12-17)27(46)35-6-7-36-30(33)34;/h8-15H,1,6-7H2,2-5H3,(H9-,32,33,34,35,36,37,38,39,44,45,46,47,48);1H/p+1. The maximum atomic E-state index is 13.4. The van der Waals surface area contributed by atoms with Gasteiger partial charge in [-0.1, -0.05) is 6.58 Å². The Morgan fingerprint density at radius 2 is 1.31 bits per heavy atom. The van der Waals surface area contributed by atoms with E-state index in [0.717, 1.165) is 0 Å². The molecule has 0 aliphatic carbocycles. The van der Waals surface area contributed by atoms with E-state index in [9.17, 15) is 24.0 Å². The molecule has 1 aliphatic rings. The average molecular weight is 761 g/mol. The summed E-state index contributed by atoms with van der Waals surface area (Å²) in [4.78, 5) is 63.6. The van der Waals surface area contributed by atoms with Gasteiger partial charge in [0.05, 0.1) is 29.1 Å². The Balaban J connectivity index is 0.00000650. The first-order valence-electron chi connectivity index (χ1n) is 14.3. The van der Waals surface area contributed by atoms with Crippen LogP contribution in [0.2, 0.25) is 0 Å². The molecule has 4 heterocycles. The molecular formula is C30H37BrClN12O5+. The maximum absolute atomic E-state index is 13.4. The number of hydrogen-bond acceptors (Lipinski definition) is 6. The number of carbonyl (C=O) groups is 5. The fourth-order valence-electron chi connectivity index (χ4n) is 5.05. The predicted molar refractivity (Wildman–Crippen MR) is 191 cm³/mol. The fraction of sp³-hybridized carbons (Fsp3) is 0.200. The number of amides is 5. The van der Waals surface area contributed by atoms with Gasteiger partial charge in [0.2, 0.25) is 5.70 Å². The number of quaternary nitrogens is 1. The highest BCUT2D eigenvalue weighted by molar-refractivity contribution is 9.12. The molecule has 0 saturated heterocycles. The molecule has 3 aromatic heterocycles. The first-order chi connectivity index (χ1) is 22.5. The molecule has 1 unspecified atom stereocenters. The highest BCUT2D eigenvalue weighted by Gasteiger charge is 2.40. The number of aromatic nitrogens is 3. The van der Waals surface area contributed by atoms with E-state index < -0.39 is 23.6 Å². The van der Waals surface area contributed by atoms with Gasteiger partial charge < -0.3 is 51.8 Å². The van der Waals surface area contributed by atoms with E-state index in [1.165, 1.54) is 18.2 Å². The molecule has 5 amide bonds. The van der Waals surface area contributed by atoms with Gasteiger partial charge in [-0.05, 0) is 28.1 Å². The van der Waals surface area contributed by atoms with E-state index in [-0.39, 0.29) is 63.4 Å². The predicted octanol–water partition coefficient (Wildman–Crippen LogP) is 1.03. The van der Waals surface area contributed by atoms with E-state index in [1.54, 1.807) is 72.7 Å². The number of anilines is 2. The number of nitrogens with one attached hydrogen (secondary N) is 6. The van der Waals surface area contributed by atoms with Crippen molar-refractivity contribution < 1.29 is 24.0 Å². The van der Waals surface area contributed by atoms with Crippen molar-refractivity contribution in [3.8, 4) is 0 Å². The lowest BCUT2D eigenvalue weighted by molar-refractivity contribution is -0.116. The lowest BCUT2D eigenvalue weighted by Gasteiger charge is -2.25. The molecule has 0 saturated carbocycles. The minimum atomic E-state index is -0.714. The van der Waals surface area contributed by atoms with E-state index >= 15 is 0 Å². The van der Waals surface area contributed by atoms with Crippen LogP contribution < -0.4 is 42.5 Å². The van der Waals surface area contributed by atoms with Gasteiger partial charge in [0.25, 0.3) is 23.6 Å². The zero-order valence-electron chi connectivity index (χ0n) is 27.0. The molecule has 49 heavy (non-hydrogen) atoms. The van der Waals surface area contributed by atoms with Crippen LogP contribution in [0.15, 0.2) is 71.5 Å². The SMILES string of the molecule is C=C(Br)C(=O)NC1=C[N+](C)(c2cc(C(=O)Nc3cc(C(=O)Nc4cc(C(=O)NCCNC(=N)N)n(C)c4)n(C)c3)n(C)c2)C(C(N)=O)=C1.Cl. The summed E-state index contributed by atoms with van der Waals surface area (Å²) in [5, 5.41) is 20.6. The van der Waals surface area contributed by atoms with Crippen LogP contribution in [0.5, 0.6) is 0 Å². The van der Waals surface area contributed by atoms with Crippen molar-refractivity contribution in [1.29, 1.82) is 5.41 Å². The van der Waals surface area contributed by atoms with Gasteiger partial charge in [-0.3, -0.25) is 29.4 Å². The molecular weight excluding hydrogens is 724 g/mol. The molecule has 3 aromatic rings. The molecule has 10 N–H and O–H groups in total. The van der Waals surface area contributed by atoms with Crippen LogP contribution in [-0.2, 0) is 30.7 Å². The molecule has 19 heteroatoms. The molecule has 260 valence electrons. The number of hydrogen-bond donors (Lipinski definition) is 8. The Bertz CT molecular complexity index is 1940. The number of allylic oxidation sites excluding steroid dienone is 1. The van der Waals surface area contributed by atoms with Gasteiger partial charge >= 0.3 is 5.91 Å². The highest BCUT2D eigenvalue weighted by Crippen LogP contribution is 2.35. The smallest absolute Gasteiger partial charge is 0.303 e. The minimum absolute atomic E-state index is 0. The van der Waals surface area contributed by atoms with E-state index in [1.807, 2.05) is 0 Å². The van der Waals surface area contributed by atoms with E-state index in [0.29, 0.717) is 28.5 Å². The number of guanidine groups is 1.